The van der Waals surface area contributed by atoms with Crippen molar-refractivity contribution in [2.24, 2.45) is 0 Å². The third-order valence-corrected chi connectivity index (χ3v) is 3.20. The summed E-state index contributed by atoms with van der Waals surface area (Å²) >= 11 is 0. The second kappa shape index (κ2) is 4.66. The highest BCUT2D eigenvalue weighted by Crippen LogP contribution is 2.24. The molecule has 3 heteroatoms. The normalized spacial score (nSPS) is 18.8. The van der Waals surface area contributed by atoms with E-state index in [1.807, 2.05) is 12.1 Å². The molecule has 1 saturated heterocycles. The minimum Gasteiger partial charge on any atom is -0.497 e. The molecular formula is C13H17NO2. The lowest BCUT2D eigenvalue weighted by molar-refractivity contribution is -0.117. The first-order valence-electron chi connectivity index (χ1n) is 5.60. The number of hydrogen-bond acceptors (Lipinski definition) is 3. The van der Waals surface area contributed by atoms with E-state index in [1.165, 1.54) is 5.56 Å². The zero-order valence-corrected chi connectivity index (χ0v) is 9.77. The fourth-order valence-electron chi connectivity index (χ4n) is 2.08. The van der Waals surface area contributed by atoms with E-state index >= 15 is 0 Å². The van der Waals surface area contributed by atoms with E-state index in [-0.39, 0.29) is 0 Å². The second-order valence-electron chi connectivity index (χ2n) is 4.21. The minimum absolute atomic E-state index is 0.303. The van der Waals surface area contributed by atoms with Gasteiger partial charge in [-0.25, -0.2) is 0 Å². The van der Waals surface area contributed by atoms with Gasteiger partial charge in [0.25, 0.3) is 0 Å². The van der Waals surface area contributed by atoms with Crippen LogP contribution >= 0.6 is 0 Å². The minimum atomic E-state index is 0.303. The van der Waals surface area contributed by atoms with Crippen LogP contribution in [0.2, 0.25) is 0 Å². The van der Waals surface area contributed by atoms with Crippen LogP contribution < -0.4 is 4.74 Å². The lowest BCUT2D eigenvalue weighted by Gasteiger charge is -2.23. The molecule has 16 heavy (non-hydrogen) atoms. The highest BCUT2D eigenvalue weighted by Gasteiger charge is 2.24. The molecule has 0 bridgehead atoms. The molecule has 1 unspecified atom stereocenters. The SMILES string of the molecule is COc1ccc(C(C)N2CCC(=O)C2)cc1. The van der Waals surface area contributed by atoms with E-state index in [2.05, 4.69) is 24.0 Å². The number of methoxy groups -OCH3 is 1. The van der Waals surface area contributed by atoms with Gasteiger partial charge in [-0.15, -0.1) is 0 Å². The Morgan fingerprint density at radius 2 is 2.00 bits per heavy atom. The van der Waals surface area contributed by atoms with Crippen LogP contribution in [0.3, 0.4) is 0 Å². The lowest BCUT2D eigenvalue weighted by atomic mass is 10.1. The molecule has 1 aliphatic rings. The lowest BCUT2D eigenvalue weighted by Crippen LogP contribution is -2.24. The number of Topliss-reactive ketones (excluding diaryl/α,β-unsaturated/α-hetero) is 1. The van der Waals surface area contributed by atoms with E-state index in [0.29, 0.717) is 24.8 Å². The summed E-state index contributed by atoms with van der Waals surface area (Å²) in [5.41, 5.74) is 1.23. The highest BCUT2D eigenvalue weighted by atomic mass is 16.5. The van der Waals surface area contributed by atoms with E-state index in [9.17, 15) is 4.79 Å². The predicted octanol–water partition coefficient (Wildman–Crippen LogP) is 2.03. The van der Waals surface area contributed by atoms with Crippen molar-refractivity contribution in [3.63, 3.8) is 0 Å². The van der Waals surface area contributed by atoms with Crippen LogP contribution in [-0.4, -0.2) is 30.9 Å². The average molecular weight is 219 g/mol. The molecule has 1 heterocycles. The molecule has 0 spiro atoms. The van der Waals surface area contributed by atoms with Crippen LogP contribution in [0.5, 0.6) is 5.75 Å². The maximum Gasteiger partial charge on any atom is 0.148 e. The summed E-state index contributed by atoms with van der Waals surface area (Å²) in [4.78, 5) is 13.4. The van der Waals surface area contributed by atoms with Crippen molar-refractivity contribution in [3.05, 3.63) is 29.8 Å². The number of nitrogens with zero attached hydrogens (tertiary/aromatic N) is 1. The van der Waals surface area contributed by atoms with Crippen LogP contribution in [0, 0.1) is 0 Å². The van der Waals surface area contributed by atoms with Crippen molar-refractivity contribution in [3.8, 4) is 5.75 Å². The highest BCUT2D eigenvalue weighted by molar-refractivity contribution is 5.82. The Morgan fingerprint density at radius 1 is 1.31 bits per heavy atom. The molecule has 0 radical (unpaired) electrons. The summed E-state index contributed by atoms with van der Waals surface area (Å²) in [6, 6.07) is 8.35. The van der Waals surface area contributed by atoms with Gasteiger partial charge in [-0.2, -0.15) is 0 Å². The van der Waals surface area contributed by atoms with Gasteiger partial charge >= 0.3 is 0 Å². The maximum absolute atomic E-state index is 11.2. The van der Waals surface area contributed by atoms with Crippen molar-refractivity contribution in [1.82, 2.24) is 4.90 Å². The first kappa shape index (κ1) is 11.1. The zero-order chi connectivity index (χ0) is 11.5. The molecule has 0 amide bonds. The maximum atomic E-state index is 11.2. The van der Waals surface area contributed by atoms with Crippen LogP contribution in [0.25, 0.3) is 0 Å². The monoisotopic (exact) mass is 219 g/mol. The molecule has 0 saturated carbocycles. The van der Waals surface area contributed by atoms with E-state index < -0.39 is 0 Å². The third kappa shape index (κ3) is 2.25. The quantitative estimate of drug-likeness (QED) is 0.779. The molecule has 1 atom stereocenters. The first-order chi connectivity index (χ1) is 7.70. The molecule has 1 aromatic rings. The Hall–Kier alpha value is -1.35. The molecule has 3 nitrogen and oxygen atoms in total. The smallest absolute Gasteiger partial charge is 0.148 e. The van der Waals surface area contributed by atoms with Gasteiger partial charge in [0.1, 0.15) is 11.5 Å². The average Bonchev–Trinajstić information content (AvgIpc) is 2.75. The number of ketones is 1. The Kier molecular flexibility index (Phi) is 3.25. The number of ether oxygens (including phenoxy) is 1. The van der Waals surface area contributed by atoms with E-state index in [1.54, 1.807) is 7.11 Å². The number of likely N-dealkylation sites (tertiary alicyclic amines) is 1. The van der Waals surface area contributed by atoms with Crippen molar-refractivity contribution in [2.45, 2.75) is 19.4 Å². The van der Waals surface area contributed by atoms with Gasteiger partial charge in [0.15, 0.2) is 0 Å². The van der Waals surface area contributed by atoms with Crippen LogP contribution in [0.1, 0.15) is 24.9 Å². The number of carbonyl (C=O) groups is 1. The summed E-state index contributed by atoms with van der Waals surface area (Å²) in [5, 5.41) is 0. The Balaban J connectivity index is 2.08. The predicted molar refractivity (Wildman–Crippen MR) is 62.6 cm³/mol. The van der Waals surface area contributed by atoms with Gasteiger partial charge in [-0.1, -0.05) is 12.1 Å². The van der Waals surface area contributed by atoms with Crippen molar-refractivity contribution in [1.29, 1.82) is 0 Å². The zero-order valence-electron chi connectivity index (χ0n) is 9.77. The van der Waals surface area contributed by atoms with Gasteiger partial charge in [-0.3, -0.25) is 9.69 Å². The third-order valence-electron chi connectivity index (χ3n) is 3.20. The summed E-state index contributed by atoms with van der Waals surface area (Å²) in [6.07, 6.45) is 0.695. The largest absolute Gasteiger partial charge is 0.497 e. The molecule has 1 aromatic carbocycles. The Morgan fingerprint density at radius 3 is 2.50 bits per heavy atom. The van der Waals surface area contributed by atoms with Gasteiger partial charge in [0, 0.05) is 19.0 Å². The van der Waals surface area contributed by atoms with Crippen LogP contribution in [-0.2, 0) is 4.79 Å². The van der Waals surface area contributed by atoms with E-state index in [4.69, 9.17) is 4.74 Å². The summed E-state index contributed by atoms with van der Waals surface area (Å²) in [5.74, 6) is 1.22. The van der Waals surface area contributed by atoms with E-state index in [0.717, 1.165) is 12.3 Å². The summed E-state index contributed by atoms with van der Waals surface area (Å²) in [7, 11) is 1.66. The molecule has 2 rings (SSSR count). The number of benzene rings is 1. The van der Waals surface area contributed by atoms with Crippen molar-refractivity contribution < 1.29 is 9.53 Å². The van der Waals surface area contributed by atoms with Gasteiger partial charge < -0.3 is 4.74 Å². The molecule has 1 aliphatic heterocycles. The second-order valence-corrected chi connectivity index (χ2v) is 4.21. The molecule has 0 N–H and O–H groups in total. The Bertz CT molecular complexity index is 372. The van der Waals surface area contributed by atoms with Gasteiger partial charge in [-0.05, 0) is 24.6 Å². The standard InChI is InChI=1S/C13H17NO2/c1-10(14-8-7-12(15)9-14)11-3-5-13(16-2)6-4-11/h3-6,10H,7-9H2,1-2H3. The Labute approximate surface area is 96.0 Å². The molecule has 86 valence electrons. The molecular weight excluding hydrogens is 202 g/mol. The fraction of sp³-hybridized carbons (Fsp3) is 0.462. The first-order valence-corrected chi connectivity index (χ1v) is 5.60. The molecule has 0 aromatic heterocycles. The number of hydrogen-bond donors (Lipinski definition) is 0. The molecule has 0 aliphatic carbocycles. The van der Waals surface area contributed by atoms with Crippen LogP contribution in [0.15, 0.2) is 24.3 Å². The fourth-order valence-corrected chi connectivity index (χ4v) is 2.08. The topological polar surface area (TPSA) is 29.5 Å². The van der Waals surface area contributed by atoms with Crippen molar-refractivity contribution >= 4 is 5.78 Å². The van der Waals surface area contributed by atoms with Gasteiger partial charge in [0.05, 0.1) is 13.7 Å². The van der Waals surface area contributed by atoms with Crippen LogP contribution in [0.4, 0.5) is 0 Å². The summed E-state index contributed by atoms with van der Waals surface area (Å²) < 4.78 is 5.12. The number of carbonyl (C=O) groups excluding carboxylic acids is 1. The molecule has 1 fully saturated rings. The van der Waals surface area contributed by atoms with Crippen molar-refractivity contribution in [2.75, 3.05) is 20.2 Å². The summed E-state index contributed by atoms with van der Waals surface area (Å²) in [6.45, 7) is 3.61. The number of rotatable bonds is 3. The van der Waals surface area contributed by atoms with Gasteiger partial charge in [0.2, 0.25) is 0 Å².